The fraction of sp³-hybridized carbons (Fsp3) is 0.857. The number of unbranched alkanes of at least 4 members (excludes halogenated alkanes) is 11. The molecule has 0 amide bonds. The second kappa shape index (κ2) is 24.1. The van der Waals surface area contributed by atoms with Gasteiger partial charge in [-0.3, -0.25) is 4.79 Å². The lowest BCUT2D eigenvalue weighted by atomic mass is 10.1. The van der Waals surface area contributed by atoms with Crippen LogP contribution >= 0.6 is 0 Å². The van der Waals surface area contributed by atoms with Gasteiger partial charge in [0.05, 0.1) is 13.2 Å². The number of carboxylic acid groups (broad SMARTS) is 1. The summed E-state index contributed by atoms with van der Waals surface area (Å²) in [6.45, 7) is 1.53. The van der Waals surface area contributed by atoms with Crippen molar-refractivity contribution in [1.29, 1.82) is 0 Å². The molecule has 26 heavy (non-hydrogen) atoms. The second-order valence-electron chi connectivity index (χ2n) is 6.75. The fourth-order valence-electron chi connectivity index (χ4n) is 2.40. The Morgan fingerprint density at radius 2 is 1.19 bits per heavy atom. The molecule has 5 nitrogen and oxygen atoms in total. The Balaban J connectivity index is 0. The predicted molar refractivity (Wildman–Crippen MR) is 107 cm³/mol. The summed E-state index contributed by atoms with van der Waals surface area (Å²) in [5.41, 5.74) is 0. The molecule has 0 bridgehead atoms. The molecule has 0 aromatic heterocycles. The Morgan fingerprint density at radius 3 is 1.58 bits per heavy atom. The van der Waals surface area contributed by atoms with Crippen molar-refractivity contribution in [2.75, 3.05) is 13.2 Å². The highest BCUT2D eigenvalue weighted by Crippen LogP contribution is 2.09. The maximum Gasteiger partial charge on any atom is 0.303 e. The second-order valence-corrected chi connectivity index (χ2v) is 6.75. The number of hydrogen-bond donors (Lipinski definition) is 4. The number of carbonyl (C=O) groups is 1. The average Bonchev–Trinajstić information content (AvgIpc) is 2.64. The van der Waals surface area contributed by atoms with E-state index in [1.807, 2.05) is 0 Å². The van der Waals surface area contributed by atoms with Crippen molar-refractivity contribution in [3.05, 3.63) is 12.2 Å². The third-order valence-electron chi connectivity index (χ3n) is 4.07. The molecule has 0 aliphatic carbocycles. The van der Waals surface area contributed by atoms with Crippen molar-refractivity contribution in [1.82, 2.24) is 0 Å². The minimum Gasteiger partial charge on any atom is -0.481 e. The zero-order chi connectivity index (χ0) is 19.9. The topological polar surface area (TPSA) is 98.0 Å². The Hall–Kier alpha value is -0.910. The first-order valence-corrected chi connectivity index (χ1v) is 10.3. The molecule has 0 fully saturated rings. The Kier molecular flexibility index (Phi) is 25.3. The molecule has 0 rings (SSSR count). The van der Waals surface area contributed by atoms with Gasteiger partial charge in [0.2, 0.25) is 0 Å². The van der Waals surface area contributed by atoms with Crippen LogP contribution in [0.4, 0.5) is 0 Å². The van der Waals surface area contributed by atoms with Crippen LogP contribution in [0.2, 0.25) is 0 Å². The summed E-state index contributed by atoms with van der Waals surface area (Å²) < 4.78 is 0. The van der Waals surface area contributed by atoms with Gasteiger partial charge in [0, 0.05) is 6.42 Å². The summed E-state index contributed by atoms with van der Waals surface area (Å²) in [4.78, 5) is 10.3. The third kappa shape index (κ3) is 27.9. The summed E-state index contributed by atoms with van der Waals surface area (Å²) in [6, 6.07) is 0. The van der Waals surface area contributed by atoms with E-state index in [1.54, 1.807) is 0 Å². The quantitative estimate of drug-likeness (QED) is 0.223. The van der Waals surface area contributed by atoms with Gasteiger partial charge in [0.15, 0.2) is 0 Å². The molecule has 0 atom stereocenters. The molecule has 0 spiro atoms. The number of carboxylic acids is 1. The number of aliphatic carboxylic acids is 1. The summed E-state index contributed by atoms with van der Waals surface area (Å²) in [5.74, 6) is -0.664. The van der Waals surface area contributed by atoms with Gasteiger partial charge in [-0.05, 0) is 32.1 Å². The van der Waals surface area contributed by atoms with E-state index in [4.69, 9.17) is 20.4 Å². The maximum absolute atomic E-state index is 10.3. The first kappa shape index (κ1) is 27.3. The van der Waals surface area contributed by atoms with Crippen molar-refractivity contribution in [3.8, 4) is 0 Å². The third-order valence-corrected chi connectivity index (χ3v) is 4.07. The number of aliphatic hydroxyl groups excluding tert-OH is 3. The highest BCUT2D eigenvalue weighted by Gasteiger charge is 1.96. The van der Waals surface area contributed by atoms with Gasteiger partial charge in [-0.2, -0.15) is 0 Å². The summed E-state index contributed by atoms with van der Waals surface area (Å²) >= 11 is 0. The average molecular weight is 375 g/mol. The van der Waals surface area contributed by atoms with E-state index in [0.717, 1.165) is 12.8 Å². The first-order valence-electron chi connectivity index (χ1n) is 10.3. The molecular formula is C21H42O5. The highest BCUT2D eigenvalue weighted by molar-refractivity contribution is 5.66. The molecule has 0 radical (unpaired) electrons. The van der Waals surface area contributed by atoms with Crippen molar-refractivity contribution in [3.63, 3.8) is 0 Å². The van der Waals surface area contributed by atoms with Crippen LogP contribution in [0.5, 0.6) is 0 Å². The van der Waals surface area contributed by atoms with Gasteiger partial charge >= 0.3 is 5.97 Å². The van der Waals surface area contributed by atoms with E-state index >= 15 is 0 Å². The van der Waals surface area contributed by atoms with Crippen LogP contribution in [0.15, 0.2) is 12.2 Å². The smallest absolute Gasteiger partial charge is 0.303 e. The number of rotatable bonds is 17. The molecule has 0 unspecified atom stereocenters. The molecule has 0 aromatic carbocycles. The van der Waals surface area contributed by atoms with E-state index in [9.17, 15) is 4.79 Å². The number of hydrogen-bond acceptors (Lipinski definition) is 4. The zero-order valence-corrected chi connectivity index (χ0v) is 16.7. The van der Waals surface area contributed by atoms with Crippen LogP contribution in [0.25, 0.3) is 0 Å². The van der Waals surface area contributed by atoms with Crippen LogP contribution in [0.3, 0.4) is 0 Å². The standard InChI is InChI=1S/C18H34O2.C3H8O3/c1-2-3-4-5-6-7-8-9-10-11-12-13-14-15-16-17-18(19)20;4-1-3(6)2-5/h9-10H,2-8,11-17H2,1H3,(H,19,20);3-6H,1-2H2/b10-9+;. The Labute approximate surface area is 160 Å². The highest BCUT2D eigenvalue weighted by atomic mass is 16.4. The van der Waals surface area contributed by atoms with E-state index in [2.05, 4.69) is 19.1 Å². The van der Waals surface area contributed by atoms with Crippen LogP contribution in [0.1, 0.15) is 96.8 Å². The fourth-order valence-corrected chi connectivity index (χ4v) is 2.40. The van der Waals surface area contributed by atoms with Gasteiger partial charge in [-0.25, -0.2) is 0 Å². The van der Waals surface area contributed by atoms with Crippen molar-refractivity contribution in [2.45, 2.75) is 103 Å². The molecule has 156 valence electrons. The molecule has 0 aliphatic rings. The monoisotopic (exact) mass is 374 g/mol. The van der Waals surface area contributed by atoms with E-state index in [0.29, 0.717) is 6.42 Å². The minimum absolute atomic E-state index is 0.332. The van der Waals surface area contributed by atoms with E-state index in [1.165, 1.54) is 70.6 Å². The van der Waals surface area contributed by atoms with Gasteiger partial charge in [-0.1, -0.05) is 70.4 Å². The van der Waals surface area contributed by atoms with Crippen LogP contribution in [-0.2, 0) is 4.79 Å². The minimum atomic E-state index is -0.954. The first-order chi connectivity index (χ1) is 12.6. The molecule has 5 heteroatoms. The lowest BCUT2D eigenvalue weighted by Gasteiger charge is -1.99. The van der Waals surface area contributed by atoms with Crippen LogP contribution in [0, 0.1) is 0 Å². The van der Waals surface area contributed by atoms with Crippen molar-refractivity contribution in [2.24, 2.45) is 0 Å². The van der Waals surface area contributed by atoms with E-state index < -0.39 is 12.1 Å². The lowest BCUT2D eigenvalue weighted by Crippen LogP contribution is -2.15. The molecule has 0 heterocycles. The van der Waals surface area contributed by atoms with Gasteiger partial charge < -0.3 is 20.4 Å². The summed E-state index contributed by atoms with van der Waals surface area (Å²) in [5, 5.41) is 32.5. The zero-order valence-electron chi connectivity index (χ0n) is 16.7. The number of aliphatic hydroxyl groups is 3. The van der Waals surface area contributed by atoms with Gasteiger partial charge in [-0.15, -0.1) is 0 Å². The molecule has 4 N–H and O–H groups in total. The van der Waals surface area contributed by atoms with Gasteiger partial charge in [0.25, 0.3) is 0 Å². The summed E-state index contributed by atoms with van der Waals surface area (Å²) in [7, 11) is 0. The van der Waals surface area contributed by atoms with Crippen molar-refractivity contribution >= 4 is 5.97 Å². The Bertz CT molecular complexity index is 301. The molecule has 0 aliphatic heterocycles. The molecular weight excluding hydrogens is 332 g/mol. The number of allylic oxidation sites excluding steroid dienone is 2. The lowest BCUT2D eigenvalue weighted by molar-refractivity contribution is -0.137. The van der Waals surface area contributed by atoms with E-state index in [-0.39, 0.29) is 13.2 Å². The maximum atomic E-state index is 10.3. The largest absolute Gasteiger partial charge is 0.481 e. The predicted octanol–water partition coefficient (Wildman–Crippen LogP) is 4.44. The summed E-state index contributed by atoms with van der Waals surface area (Å²) in [6.07, 6.45) is 20.3. The normalized spacial score (nSPS) is 11.0. The Morgan fingerprint density at radius 1 is 0.769 bits per heavy atom. The molecule has 0 aromatic rings. The molecule has 0 saturated heterocycles. The molecule has 0 saturated carbocycles. The van der Waals surface area contributed by atoms with Crippen LogP contribution < -0.4 is 0 Å². The van der Waals surface area contributed by atoms with Crippen molar-refractivity contribution < 1.29 is 25.2 Å². The van der Waals surface area contributed by atoms with Crippen LogP contribution in [-0.4, -0.2) is 45.7 Å². The SMILES string of the molecule is CCCCCCCC/C=C/CCCCCCCC(=O)O.OCC(O)CO. The van der Waals surface area contributed by atoms with Gasteiger partial charge in [0.1, 0.15) is 6.10 Å².